The van der Waals surface area contributed by atoms with Crippen LogP contribution in [0.1, 0.15) is 30.1 Å². The molecule has 0 unspecified atom stereocenters. The number of piperidine rings is 1. The van der Waals surface area contributed by atoms with Crippen molar-refractivity contribution in [1.82, 2.24) is 5.32 Å². The summed E-state index contributed by atoms with van der Waals surface area (Å²) >= 11 is 0. The van der Waals surface area contributed by atoms with E-state index in [-0.39, 0.29) is 12.1 Å². The zero-order chi connectivity index (χ0) is 12.8. The Kier molecular flexibility index (Phi) is 4.59. The van der Waals surface area contributed by atoms with Crippen LogP contribution in [0.3, 0.4) is 0 Å². The van der Waals surface area contributed by atoms with Crippen molar-refractivity contribution in [2.75, 3.05) is 19.7 Å². The molecule has 1 aromatic rings. The fourth-order valence-corrected chi connectivity index (χ4v) is 2.02. The number of hydrogen-bond donors (Lipinski definition) is 1. The Labute approximate surface area is 107 Å². The van der Waals surface area contributed by atoms with Crippen molar-refractivity contribution in [3.63, 3.8) is 0 Å². The standard InChI is InChI=1S/C14H19NO3/c1-2-17-14(16)11-5-3-6-12(9-11)18-13-7-4-8-15-10-13/h3,5-6,9,13,15H,2,4,7-8,10H2,1H3/t13-/m0/s1. The van der Waals surface area contributed by atoms with E-state index in [1.54, 1.807) is 19.1 Å². The van der Waals surface area contributed by atoms with E-state index in [2.05, 4.69) is 5.32 Å². The molecule has 0 amide bonds. The molecule has 0 radical (unpaired) electrons. The van der Waals surface area contributed by atoms with Gasteiger partial charge < -0.3 is 14.8 Å². The lowest BCUT2D eigenvalue weighted by atomic mass is 10.1. The fraction of sp³-hybridized carbons (Fsp3) is 0.500. The van der Waals surface area contributed by atoms with Gasteiger partial charge in [-0.3, -0.25) is 0 Å². The molecule has 1 aliphatic heterocycles. The van der Waals surface area contributed by atoms with Gasteiger partial charge in [-0.05, 0) is 44.5 Å². The molecule has 18 heavy (non-hydrogen) atoms. The first-order valence-corrected chi connectivity index (χ1v) is 6.44. The van der Waals surface area contributed by atoms with Gasteiger partial charge in [0.05, 0.1) is 12.2 Å². The minimum atomic E-state index is -0.301. The number of nitrogens with one attached hydrogen (secondary N) is 1. The third-order valence-electron chi connectivity index (χ3n) is 2.90. The van der Waals surface area contributed by atoms with Gasteiger partial charge in [0.15, 0.2) is 0 Å². The Hall–Kier alpha value is -1.55. The maximum atomic E-state index is 11.6. The van der Waals surface area contributed by atoms with E-state index in [1.165, 1.54) is 0 Å². The van der Waals surface area contributed by atoms with Crippen molar-refractivity contribution in [3.8, 4) is 5.75 Å². The lowest BCUT2D eigenvalue weighted by Gasteiger charge is -2.24. The summed E-state index contributed by atoms with van der Waals surface area (Å²) in [5.74, 6) is 0.430. The molecule has 1 heterocycles. The van der Waals surface area contributed by atoms with Gasteiger partial charge >= 0.3 is 5.97 Å². The van der Waals surface area contributed by atoms with Gasteiger partial charge in [-0.1, -0.05) is 6.07 Å². The summed E-state index contributed by atoms with van der Waals surface area (Å²) in [6.07, 6.45) is 2.37. The highest BCUT2D eigenvalue weighted by Crippen LogP contribution is 2.18. The van der Waals surface area contributed by atoms with Gasteiger partial charge in [0.25, 0.3) is 0 Å². The highest BCUT2D eigenvalue weighted by Gasteiger charge is 2.15. The summed E-state index contributed by atoms with van der Waals surface area (Å²) in [6.45, 7) is 4.11. The van der Waals surface area contributed by atoms with Crippen LogP contribution in [0.25, 0.3) is 0 Å². The lowest BCUT2D eigenvalue weighted by molar-refractivity contribution is 0.0525. The predicted molar refractivity (Wildman–Crippen MR) is 68.9 cm³/mol. The van der Waals surface area contributed by atoms with Crippen LogP contribution in [-0.2, 0) is 4.74 Å². The van der Waals surface area contributed by atoms with E-state index in [0.29, 0.717) is 12.2 Å². The van der Waals surface area contributed by atoms with E-state index in [0.717, 1.165) is 31.7 Å². The van der Waals surface area contributed by atoms with E-state index in [4.69, 9.17) is 9.47 Å². The molecule has 2 rings (SSSR count). The van der Waals surface area contributed by atoms with Crippen molar-refractivity contribution >= 4 is 5.97 Å². The summed E-state index contributed by atoms with van der Waals surface area (Å²) in [5.41, 5.74) is 0.540. The first-order chi connectivity index (χ1) is 8.79. The van der Waals surface area contributed by atoms with Crippen molar-refractivity contribution in [1.29, 1.82) is 0 Å². The van der Waals surface area contributed by atoms with Crippen LogP contribution >= 0.6 is 0 Å². The normalized spacial score (nSPS) is 19.3. The fourth-order valence-electron chi connectivity index (χ4n) is 2.02. The van der Waals surface area contributed by atoms with Crippen molar-refractivity contribution < 1.29 is 14.3 Å². The van der Waals surface area contributed by atoms with Crippen LogP contribution in [0, 0.1) is 0 Å². The number of carbonyl (C=O) groups excluding carboxylic acids is 1. The number of rotatable bonds is 4. The molecular weight excluding hydrogens is 230 g/mol. The van der Waals surface area contributed by atoms with Crippen molar-refractivity contribution in [3.05, 3.63) is 29.8 Å². The molecule has 0 aliphatic carbocycles. The predicted octanol–water partition coefficient (Wildman–Crippen LogP) is 1.99. The Balaban J connectivity index is 2.00. The molecule has 98 valence electrons. The topological polar surface area (TPSA) is 47.6 Å². The highest BCUT2D eigenvalue weighted by atomic mass is 16.5. The molecule has 0 saturated carbocycles. The zero-order valence-electron chi connectivity index (χ0n) is 10.6. The molecule has 1 N–H and O–H groups in total. The van der Waals surface area contributed by atoms with E-state index >= 15 is 0 Å². The van der Waals surface area contributed by atoms with Crippen molar-refractivity contribution in [2.45, 2.75) is 25.9 Å². The van der Waals surface area contributed by atoms with E-state index < -0.39 is 0 Å². The first-order valence-electron chi connectivity index (χ1n) is 6.44. The molecule has 0 spiro atoms. The molecule has 4 heteroatoms. The van der Waals surface area contributed by atoms with E-state index in [9.17, 15) is 4.79 Å². The van der Waals surface area contributed by atoms with Crippen LogP contribution in [-0.4, -0.2) is 31.8 Å². The highest BCUT2D eigenvalue weighted by molar-refractivity contribution is 5.89. The molecule has 4 nitrogen and oxygen atoms in total. The van der Waals surface area contributed by atoms with Crippen LogP contribution in [0.5, 0.6) is 5.75 Å². The molecular formula is C14H19NO3. The monoisotopic (exact) mass is 249 g/mol. The molecule has 1 atom stereocenters. The van der Waals surface area contributed by atoms with Crippen molar-refractivity contribution in [2.24, 2.45) is 0 Å². The number of hydrogen-bond acceptors (Lipinski definition) is 4. The molecule has 1 aromatic carbocycles. The van der Waals surface area contributed by atoms with Gasteiger partial charge in [0, 0.05) is 6.54 Å². The lowest BCUT2D eigenvalue weighted by Crippen LogP contribution is -2.37. The summed E-state index contributed by atoms with van der Waals surface area (Å²) in [7, 11) is 0. The summed E-state index contributed by atoms with van der Waals surface area (Å²) in [4.78, 5) is 11.6. The number of ether oxygens (including phenoxy) is 2. The second-order valence-electron chi connectivity index (χ2n) is 4.33. The van der Waals surface area contributed by atoms with Gasteiger partial charge in [-0.25, -0.2) is 4.79 Å². The second-order valence-corrected chi connectivity index (χ2v) is 4.33. The van der Waals surface area contributed by atoms with Crippen LogP contribution < -0.4 is 10.1 Å². The summed E-state index contributed by atoms with van der Waals surface area (Å²) in [5, 5.41) is 3.30. The van der Waals surface area contributed by atoms with Gasteiger partial charge in [0.2, 0.25) is 0 Å². The number of benzene rings is 1. The minimum Gasteiger partial charge on any atom is -0.489 e. The second kappa shape index (κ2) is 6.40. The maximum Gasteiger partial charge on any atom is 0.338 e. The van der Waals surface area contributed by atoms with Crippen LogP contribution in [0.15, 0.2) is 24.3 Å². The Morgan fingerprint density at radius 3 is 3.11 bits per heavy atom. The molecule has 1 aliphatic rings. The smallest absolute Gasteiger partial charge is 0.338 e. The number of esters is 1. The minimum absolute atomic E-state index is 0.191. The zero-order valence-corrected chi connectivity index (χ0v) is 10.6. The van der Waals surface area contributed by atoms with Gasteiger partial charge in [-0.15, -0.1) is 0 Å². The van der Waals surface area contributed by atoms with Crippen LogP contribution in [0.2, 0.25) is 0 Å². The third-order valence-corrected chi connectivity index (χ3v) is 2.90. The third kappa shape index (κ3) is 3.47. The number of carbonyl (C=O) groups is 1. The SMILES string of the molecule is CCOC(=O)c1cccc(O[C@H]2CCCNC2)c1. The maximum absolute atomic E-state index is 11.6. The first kappa shape index (κ1) is 12.9. The van der Waals surface area contributed by atoms with Gasteiger partial charge in [-0.2, -0.15) is 0 Å². The molecule has 1 fully saturated rings. The van der Waals surface area contributed by atoms with Gasteiger partial charge in [0.1, 0.15) is 11.9 Å². The molecule has 0 aromatic heterocycles. The Bertz CT molecular complexity index is 400. The summed E-state index contributed by atoms with van der Waals surface area (Å²) < 4.78 is 10.8. The Morgan fingerprint density at radius 2 is 2.39 bits per heavy atom. The Morgan fingerprint density at radius 1 is 1.50 bits per heavy atom. The largest absolute Gasteiger partial charge is 0.489 e. The quantitative estimate of drug-likeness (QED) is 0.829. The average molecular weight is 249 g/mol. The average Bonchev–Trinajstić information content (AvgIpc) is 2.40. The molecule has 0 bridgehead atoms. The summed E-state index contributed by atoms with van der Waals surface area (Å²) in [6, 6.07) is 7.17. The molecule has 1 saturated heterocycles. The van der Waals surface area contributed by atoms with E-state index in [1.807, 2.05) is 12.1 Å². The van der Waals surface area contributed by atoms with Crippen LogP contribution in [0.4, 0.5) is 0 Å².